The Morgan fingerprint density at radius 3 is 2.88 bits per heavy atom. The lowest BCUT2D eigenvalue weighted by Gasteiger charge is -2.10. The van der Waals surface area contributed by atoms with Crippen LogP contribution in [-0.4, -0.2) is 33.8 Å². The van der Waals surface area contributed by atoms with Crippen LogP contribution in [0.15, 0.2) is 42.6 Å². The zero-order valence-electron chi connectivity index (χ0n) is 15.2. The molecule has 1 aromatic carbocycles. The largest absolute Gasteiger partial charge is 0.489 e. The molecule has 0 aliphatic heterocycles. The molecular formula is C20H24N4O2. The molecule has 1 N–H and O–H groups in total. The van der Waals surface area contributed by atoms with Crippen molar-refractivity contribution in [1.82, 2.24) is 20.1 Å². The molecule has 0 saturated carbocycles. The minimum absolute atomic E-state index is 0.0335. The molecule has 0 aliphatic rings. The molecule has 0 spiro atoms. The van der Waals surface area contributed by atoms with Crippen molar-refractivity contribution in [3.8, 4) is 5.75 Å². The van der Waals surface area contributed by atoms with Crippen LogP contribution < -0.4 is 10.1 Å². The van der Waals surface area contributed by atoms with E-state index >= 15 is 0 Å². The third kappa shape index (κ3) is 4.59. The van der Waals surface area contributed by atoms with Crippen molar-refractivity contribution < 1.29 is 9.53 Å². The van der Waals surface area contributed by atoms with Crippen molar-refractivity contribution in [2.24, 2.45) is 0 Å². The molecular weight excluding hydrogens is 328 g/mol. The van der Waals surface area contributed by atoms with Crippen molar-refractivity contribution in [1.29, 1.82) is 0 Å². The second-order valence-electron chi connectivity index (χ2n) is 6.28. The van der Waals surface area contributed by atoms with Gasteiger partial charge in [-0.25, -0.2) is 0 Å². The van der Waals surface area contributed by atoms with Crippen LogP contribution in [0.3, 0.4) is 0 Å². The third-order valence-electron chi connectivity index (χ3n) is 4.15. The second-order valence-corrected chi connectivity index (χ2v) is 6.28. The van der Waals surface area contributed by atoms with E-state index in [1.165, 1.54) is 0 Å². The molecule has 6 nitrogen and oxygen atoms in total. The zero-order chi connectivity index (χ0) is 18.4. The van der Waals surface area contributed by atoms with Gasteiger partial charge in [0.2, 0.25) is 5.91 Å². The molecule has 0 saturated heterocycles. The number of hydrogen-bond donors (Lipinski definition) is 1. The van der Waals surface area contributed by atoms with E-state index in [0.717, 1.165) is 41.0 Å². The Kier molecular flexibility index (Phi) is 5.84. The van der Waals surface area contributed by atoms with Crippen LogP contribution in [0.4, 0.5) is 0 Å². The summed E-state index contributed by atoms with van der Waals surface area (Å²) >= 11 is 0. The molecule has 6 heteroatoms. The van der Waals surface area contributed by atoms with E-state index in [9.17, 15) is 4.79 Å². The lowest BCUT2D eigenvalue weighted by molar-refractivity contribution is -0.121. The fourth-order valence-corrected chi connectivity index (χ4v) is 2.92. The molecule has 3 aromatic rings. The molecule has 1 amide bonds. The lowest BCUT2D eigenvalue weighted by atomic mass is 10.2. The summed E-state index contributed by atoms with van der Waals surface area (Å²) in [7, 11) is 0. The summed E-state index contributed by atoms with van der Waals surface area (Å²) in [6, 6.07) is 11.8. The first-order valence-corrected chi connectivity index (χ1v) is 8.88. The van der Waals surface area contributed by atoms with Gasteiger partial charge >= 0.3 is 0 Å². The minimum atomic E-state index is 0.0335. The lowest BCUT2D eigenvalue weighted by Crippen LogP contribution is -2.28. The Balaban J connectivity index is 1.38. The number of para-hydroxylation sites is 1. The Labute approximate surface area is 153 Å². The summed E-state index contributed by atoms with van der Waals surface area (Å²) in [5, 5.41) is 8.33. The highest BCUT2D eigenvalue weighted by atomic mass is 16.5. The summed E-state index contributed by atoms with van der Waals surface area (Å²) in [4.78, 5) is 16.3. The van der Waals surface area contributed by atoms with Gasteiger partial charge in [-0.3, -0.25) is 14.5 Å². The van der Waals surface area contributed by atoms with E-state index in [2.05, 4.69) is 15.4 Å². The van der Waals surface area contributed by atoms with E-state index in [0.29, 0.717) is 19.6 Å². The fourth-order valence-electron chi connectivity index (χ4n) is 2.92. The van der Waals surface area contributed by atoms with Gasteiger partial charge < -0.3 is 10.1 Å². The molecule has 136 valence electrons. The fraction of sp³-hybridized carbons (Fsp3) is 0.350. The second kappa shape index (κ2) is 8.47. The number of nitrogens with zero attached hydrogens (tertiary/aromatic N) is 3. The van der Waals surface area contributed by atoms with Gasteiger partial charge in [-0.05, 0) is 38.5 Å². The molecule has 3 rings (SSSR count). The number of carbonyl (C=O) groups excluding carboxylic acids is 1. The van der Waals surface area contributed by atoms with Gasteiger partial charge in [0, 0.05) is 30.2 Å². The average Bonchev–Trinajstić information content (AvgIpc) is 2.96. The van der Waals surface area contributed by atoms with Crippen LogP contribution in [0.5, 0.6) is 5.75 Å². The average molecular weight is 352 g/mol. The minimum Gasteiger partial charge on any atom is -0.489 e. The number of aromatic nitrogens is 3. The number of hydrogen-bond acceptors (Lipinski definition) is 4. The molecule has 0 radical (unpaired) electrons. The number of ether oxygens (including phenoxy) is 1. The summed E-state index contributed by atoms with van der Waals surface area (Å²) < 4.78 is 7.71. The van der Waals surface area contributed by atoms with Crippen molar-refractivity contribution in [2.45, 2.75) is 33.2 Å². The molecule has 0 bridgehead atoms. The number of carbonyl (C=O) groups is 1. The first-order valence-electron chi connectivity index (χ1n) is 8.88. The van der Waals surface area contributed by atoms with E-state index in [-0.39, 0.29) is 5.91 Å². The first-order chi connectivity index (χ1) is 12.6. The van der Waals surface area contributed by atoms with Gasteiger partial charge in [-0.15, -0.1) is 0 Å². The van der Waals surface area contributed by atoms with E-state index in [1.807, 2.05) is 54.9 Å². The Morgan fingerprint density at radius 1 is 1.23 bits per heavy atom. The van der Waals surface area contributed by atoms with Crippen LogP contribution >= 0.6 is 0 Å². The highest BCUT2D eigenvalue weighted by molar-refractivity contribution is 5.84. The summed E-state index contributed by atoms with van der Waals surface area (Å²) in [6.07, 6.45) is 3.00. The van der Waals surface area contributed by atoms with Gasteiger partial charge in [0.25, 0.3) is 0 Å². The highest BCUT2D eigenvalue weighted by Crippen LogP contribution is 2.22. The normalized spacial score (nSPS) is 10.8. The smallest absolute Gasteiger partial charge is 0.220 e. The topological polar surface area (TPSA) is 69.0 Å². The van der Waals surface area contributed by atoms with Crippen molar-refractivity contribution in [3.63, 3.8) is 0 Å². The number of pyridine rings is 1. The Bertz CT molecular complexity index is 883. The molecule has 2 heterocycles. The highest BCUT2D eigenvalue weighted by Gasteiger charge is 2.05. The van der Waals surface area contributed by atoms with Gasteiger partial charge in [-0.1, -0.05) is 18.2 Å². The Morgan fingerprint density at radius 2 is 2.08 bits per heavy atom. The van der Waals surface area contributed by atoms with Gasteiger partial charge in [0.15, 0.2) is 0 Å². The van der Waals surface area contributed by atoms with Gasteiger partial charge in [0.1, 0.15) is 17.9 Å². The molecule has 0 aliphatic carbocycles. The number of nitrogens with one attached hydrogen (secondary N) is 1. The number of amides is 1. The first kappa shape index (κ1) is 17.9. The molecule has 0 unspecified atom stereocenters. The van der Waals surface area contributed by atoms with Crippen molar-refractivity contribution >= 4 is 16.8 Å². The van der Waals surface area contributed by atoms with Crippen LogP contribution in [-0.2, 0) is 11.3 Å². The van der Waals surface area contributed by atoms with Crippen LogP contribution in [0.2, 0.25) is 0 Å². The summed E-state index contributed by atoms with van der Waals surface area (Å²) in [5.74, 6) is 0.771. The van der Waals surface area contributed by atoms with Gasteiger partial charge in [-0.2, -0.15) is 5.10 Å². The summed E-state index contributed by atoms with van der Waals surface area (Å²) in [6.45, 7) is 5.65. The molecule has 0 atom stereocenters. The predicted molar refractivity (Wildman–Crippen MR) is 101 cm³/mol. The quantitative estimate of drug-likeness (QED) is 0.633. The predicted octanol–water partition coefficient (Wildman–Crippen LogP) is 3.02. The molecule has 0 fully saturated rings. The van der Waals surface area contributed by atoms with Gasteiger partial charge in [0.05, 0.1) is 12.2 Å². The third-order valence-corrected chi connectivity index (χ3v) is 4.15. The van der Waals surface area contributed by atoms with E-state index in [1.54, 1.807) is 6.20 Å². The Hall–Kier alpha value is -2.89. The SMILES string of the molecule is Cc1cc(C)n(CCCC(=O)NCCOc2cccc3cccnc23)n1. The summed E-state index contributed by atoms with van der Waals surface area (Å²) in [5.41, 5.74) is 2.97. The van der Waals surface area contributed by atoms with E-state index in [4.69, 9.17) is 4.74 Å². The van der Waals surface area contributed by atoms with Crippen LogP contribution in [0, 0.1) is 13.8 Å². The maximum atomic E-state index is 11.9. The maximum Gasteiger partial charge on any atom is 0.220 e. The molecule has 2 aromatic heterocycles. The maximum absolute atomic E-state index is 11.9. The van der Waals surface area contributed by atoms with E-state index < -0.39 is 0 Å². The number of aryl methyl sites for hydroxylation is 3. The zero-order valence-corrected chi connectivity index (χ0v) is 15.2. The van der Waals surface area contributed by atoms with Crippen molar-refractivity contribution in [2.75, 3.05) is 13.2 Å². The number of benzene rings is 1. The number of fused-ring (bicyclic) bond motifs is 1. The monoisotopic (exact) mass is 352 g/mol. The standard InChI is InChI=1S/C20H24N4O2/c1-15-14-16(2)24(23-15)12-5-9-19(25)21-11-13-26-18-8-3-6-17-7-4-10-22-20(17)18/h3-4,6-8,10,14H,5,9,11-13H2,1-2H3,(H,21,25). The number of rotatable bonds is 8. The van der Waals surface area contributed by atoms with Crippen molar-refractivity contribution in [3.05, 3.63) is 54.0 Å². The molecule has 26 heavy (non-hydrogen) atoms. The van der Waals surface area contributed by atoms with Crippen LogP contribution in [0.25, 0.3) is 10.9 Å². The van der Waals surface area contributed by atoms with Crippen LogP contribution in [0.1, 0.15) is 24.2 Å².